The molecule has 0 rings (SSSR count). The molecule has 80 valence electrons. The maximum atomic E-state index is 8.59. The minimum absolute atomic E-state index is 0. The van der Waals surface area contributed by atoms with E-state index in [1.165, 1.54) is 0 Å². The van der Waals surface area contributed by atoms with E-state index in [0.717, 1.165) is 0 Å². The summed E-state index contributed by atoms with van der Waals surface area (Å²) in [5, 5.41) is 27.3. The summed E-state index contributed by atoms with van der Waals surface area (Å²) >= 11 is -5.75. The fraction of sp³-hybridized carbons (Fsp3) is 0. The van der Waals surface area contributed by atoms with Crippen molar-refractivity contribution < 1.29 is 109 Å². The summed E-state index contributed by atoms with van der Waals surface area (Å²) in [5.74, 6) is 0. The Morgan fingerprint density at radius 3 is 0.867 bits per heavy atom. The number of rotatable bonds is 0. The van der Waals surface area contributed by atoms with Crippen molar-refractivity contribution in [2.45, 2.75) is 0 Å². The summed E-state index contributed by atoms with van der Waals surface area (Å²) in [4.78, 5) is 16.7. The summed E-state index contributed by atoms with van der Waals surface area (Å²) in [6.07, 6.45) is 0. The zero-order chi connectivity index (χ0) is 11.7. The number of hydrogen-bond donors (Lipinski definition) is 2. The third-order valence-electron chi connectivity index (χ3n) is 0. The second-order valence-electron chi connectivity index (χ2n) is 0.884. The van der Waals surface area contributed by atoms with Gasteiger partial charge in [0.05, 0.1) is 0 Å². The van der Waals surface area contributed by atoms with Crippen LogP contribution in [-0.4, -0.2) is 20.6 Å². The van der Waals surface area contributed by atoms with Crippen LogP contribution in [0.4, 0.5) is 0 Å². The van der Waals surface area contributed by atoms with Gasteiger partial charge in [0.1, 0.15) is 0 Å². The Bertz CT molecular complexity index is 216. The van der Waals surface area contributed by atoms with Gasteiger partial charge in [-0.2, -0.15) is 0 Å². The minimum atomic E-state index is -5.75. The summed E-state index contributed by atoms with van der Waals surface area (Å²) < 4.78 is 34.4. The Morgan fingerprint density at radius 1 is 0.867 bits per heavy atom. The van der Waals surface area contributed by atoms with E-state index < -0.39 is 23.8 Å². The third-order valence-corrected chi connectivity index (χ3v) is 0. The van der Waals surface area contributed by atoms with Gasteiger partial charge < -0.3 is 10.4 Å². The Balaban J connectivity index is -0.0000000315. The second-order valence-corrected chi connectivity index (χ2v) is 2.16. The van der Waals surface area contributed by atoms with E-state index in [0.29, 0.717) is 0 Å². The first kappa shape index (κ1) is 29.5. The summed E-state index contributed by atoms with van der Waals surface area (Å²) in [5.41, 5.74) is 0. The molecule has 15 heteroatoms. The third kappa shape index (κ3) is 10900. The van der Waals surface area contributed by atoms with Crippen LogP contribution in [-0.2, 0) is 21.2 Å². The van der Waals surface area contributed by atoms with Crippen molar-refractivity contribution in [3.8, 4) is 0 Å². The average molecular weight is 288 g/mol. The predicted octanol–water partition coefficient (Wildman–Crippen LogP) is -9.31. The van der Waals surface area contributed by atoms with Crippen molar-refractivity contribution in [1.82, 2.24) is 0 Å². The van der Waals surface area contributed by atoms with E-state index in [-0.39, 0.29) is 59.1 Å². The summed E-state index contributed by atoms with van der Waals surface area (Å²) in [7, 11) is 0. The molecule has 0 amide bonds. The molecule has 12 nitrogen and oxygen atoms in total. The molecule has 0 aliphatic carbocycles. The molecule has 0 unspecified atom stereocenters. The van der Waals surface area contributed by atoms with Gasteiger partial charge >= 0.3 is 88.7 Å². The molecule has 15 heavy (non-hydrogen) atoms. The number of hydrogen-bond acceptors (Lipinski definition) is 8. The van der Waals surface area contributed by atoms with Crippen LogP contribution in [0.3, 0.4) is 0 Å². The van der Waals surface area contributed by atoms with Gasteiger partial charge in [-0.1, -0.05) is 0 Å². The molecule has 0 aromatic carbocycles. The molecular weight excluding hydrogens is 286 g/mol. The molecule has 0 aliphatic rings. The van der Waals surface area contributed by atoms with Gasteiger partial charge in [0.2, 0.25) is 0 Å². The van der Waals surface area contributed by atoms with Crippen LogP contribution in [0.15, 0.2) is 0 Å². The quantitative estimate of drug-likeness (QED) is 0.244. The summed E-state index contributed by atoms with van der Waals surface area (Å²) in [6.45, 7) is 0. The molecule has 0 bridgehead atoms. The van der Waals surface area contributed by atoms with Crippen LogP contribution < -0.4 is 67.4 Å². The SMILES string of the molecule is O=[N+]([O-])O.O=[N+]([O-])O.[Na+].[Na+].[O]=[Cr](=[O])([O-])[O-]. The van der Waals surface area contributed by atoms with Gasteiger partial charge in [-0.15, -0.1) is 20.2 Å². The van der Waals surface area contributed by atoms with Gasteiger partial charge in [0.15, 0.2) is 0 Å². The van der Waals surface area contributed by atoms with Crippen molar-refractivity contribution in [2.24, 2.45) is 0 Å². The van der Waals surface area contributed by atoms with Crippen molar-refractivity contribution in [3.63, 3.8) is 0 Å². The van der Waals surface area contributed by atoms with E-state index in [9.17, 15) is 0 Å². The zero-order valence-corrected chi connectivity index (χ0v) is 12.7. The van der Waals surface area contributed by atoms with Crippen molar-refractivity contribution in [3.05, 3.63) is 20.2 Å². The van der Waals surface area contributed by atoms with E-state index in [4.69, 9.17) is 46.6 Å². The van der Waals surface area contributed by atoms with Gasteiger partial charge in [0.25, 0.3) is 10.2 Å². The van der Waals surface area contributed by atoms with Gasteiger partial charge in [-0.25, -0.2) is 0 Å². The van der Waals surface area contributed by atoms with Crippen LogP contribution in [0.1, 0.15) is 0 Å². The Hall–Kier alpha value is 0.452. The molecule has 0 saturated carbocycles. The summed E-state index contributed by atoms with van der Waals surface area (Å²) in [6, 6.07) is 0. The van der Waals surface area contributed by atoms with Crippen LogP contribution in [0.25, 0.3) is 0 Å². The molecular formula is H2CrN2Na2O10. The molecule has 0 radical (unpaired) electrons. The molecule has 2 N–H and O–H groups in total. The van der Waals surface area contributed by atoms with Gasteiger partial charge in [0, 0.05) is 0 Å². The second kappa shape index (κ2) is 16.9. The Morgan fingerprint density at radius 2 is 0.867 bits per heavy atom. The normalized spacial score (nSPS) is 7.07. The van der Waals surface area contributed by atoms with Crippen LogP contribution in [0.2, 0.25) is 0 Å². The van der Waals surface area contributed by atoms with Crippen molar-refractivity contribution >= 4 is 0 Å². The van der Waals surface area contributed by atoms with Crippen LogP contribution in [0.5, 0.6) is 0 Å². The fourth-order valence-corrected chi connectivity index (χ4v) is 0. The first-order valence-corrected chi connectivity index (χ1v) is 3.88. The first-order valence-electron chi connectivity index (χ1n) is 1.80. The fourth-order valence-electron chi connectivity index (χ4n) is 0. The topological polar surface area (TPSA) is 207 Å². The van der Waals surface area contributed by atoms with Crippen LogP contribution >= 0.6 is 0 Å². The molecule has 0 aromatic rings. The molecule has 0 heterocycles. The zero-order valence-electron chi connectivity index (χ0n) is 7.46. The van der Waals surface area contributed by atoms with E-state index in [1.807, 2.05) is 0 Å². The van der Waals surface area contributed by atoms with E-state index >= 15 is 0 Å². The molecule has 0 aliphatic heterocycles. The molecule has 0 saturated heterocycles. The first-order chi connectivity index (χ1) is 5.46. The van der Waals surface area contributed by atoms with Crippen LogP contribution in [0, 0.1) is 20.2 Å². The Labute approximate surface area is 128 Å². The molecule has 0 fully saturated rings. The molecule has 0 spiro atoms. The monoisotopic (exact) mass is 288 g/mol. The van der Waals surface area contributed by atoms with E-state index in [2.05, 4.69) is 0 Å². The van der Waals surface area contributed by atoms with Gasteiger partial charge in [-0.05, 0) is 0 Å². The molecule has 0 aromatic heterocycles. The number of nitrogens with zero attached hydrogens (tertiary/aromatic N) is 2. The van der Waals surface area contributed by atoms with Gasteiger partial charge in [-0.3, -0.25) is 0 Å². The predicted molar refractivity (Wildman–Crippen MR) is 18.9 cm³/mol. The van der Waals surface area contributed by atoms with Crippen molar-refractivity contribution in [1.29, 1.82) is 0 Å². The van der Waals surface area contributed by atoms with Crippen molar-refractivity contribution in [2.75, 3.05) is 0 Å². The standard InChI is InChI=1S/Cr.2HNO3.2Na.4O/c;2*2-1(3)4;;;;;;/h;2*(H,2,3,4);;;;;;/q;;;2*+1;;;2*-1. The Kier molecular flexibility index (Phi) is 33.2. The van der Waals surface area contributed by atoms with E-state index in [1.54, 1.807) is 0 Å². The molecule has 0 atom stereocenters. The average Bonchev–Trinajstić information content (AvgIpc) is 1.50. The maximum absolute atomic E-state index is 8.59.